The number of nitrogen functional groups attached to an aromatic ring is 1. The summed E-state index contributed by atoms with van der Waals surface area (Å²) in [6.45, 7) is 1.71. The van der Waals surface area contributed by atoms with E-state index in [1.165, 1.54) is 36.4 Å². The molecule has 0 aliphatic heterocycles. The second-order valence-corrected chi connectivity index (χ2v) is 5.07. The average molecular weight is 281 g/mol. The fourth-order valence-corrected chi connectivity index (χ4v) is 2.06. The fourth-order valence-electron chi connectivity index (χ4n) is 1.36. The summed E-state index contributed by atoms with van der Waals surface area (Å²) in [5, 5.41) is 2.63. The first-order valence-electron chi connectivity index (χ1n) is 5.48. The molecule has 1 heterocycles. The van der Waals surface area contributed by atoms with E-state index in [9.17, 15) is 9.18 Å². The molecule has 2 aromatic rings. The van der Waals surface area contributed by atoms with Gasteiger partial charge in [-0.1, -0.05) is 11.8 Å². The first kappa shape index (κ1) is 13.4. The molecule has 100 valence electrons. The van der Waals surface area contributed by atoms with Gasteiger partial charge in [-0.3, -0.25) is 4.79 Å². The molecule has 7 heteroatoms. The van der Waals surface area contributed by atoms with Gasteiger partial charge in [-0.2, -0.15) is 0 Å². The van der Waals surface area contributed by atoms with Crippen molar-refractivity contribution in [3.05, 3.63) is 36.5 Å². The van der Waals surface area contributed by atoms with Crippen LogP contribution in [0.15, 0.2) is 40.3 Å². The van der Waals surface area contributed by atoms with Crippen LogP contribution in [0.4, 0.5) is 15.8 Å². The van der Waals surface area contributed by atoms with Crippen LogP contribution >= 0.6 is 11.8 Å². The number of nitrogens with zero attached hydrogens (tertiary/aromatic N) is 1. The molecule has 1 unspecified atom stereocenters. The number of carbonyl (C=O) groups is 1. The Hall–Kier alpha value is -2.02. The van der Waals surface area contributed by atoms with Crippen LogP contribution in [0.5, 0.6) is 0 Å². The number of benzene rings is 1. The van der Waals surface area contributed by atoms with Crippen molar-refractivity contribution >= 4 is 29.0 Å². The van der Waals surface area contributed by atoms with Gasteiger partial charge < -0.3 is 15.5 Å². The van der Waals surface area contributed by atoms with Gasteiger partial charge in [0.25, 0.3) is 5.22 Å². The minimum atomic E-state index is -0.447. The lowest BCUT2D eigenvalue weighted by atomic mass is 10.2. The van der Waals surface area contributed by atoms with Gasteiger partial charge >= 0.3 is 0 Å². The maximum atomic E-state index is 12.9. The highest BCUT2D eigenvalue weighted by Gasteiger charge is 2.17. The quantitative estimate of drug-likeness (QED) is 0.664. The monoisotopic (exact) mass is 281 g/mol. The molecule has 5 nitrogen and oxygen atoms in total. The molecular formula is C12H12FN3O2S. The maximum Gasteiger partial charge on any atom is 0.256 e. The molecule has 0 saturated heterocycles. The number of nitrogens with one attached hydrogen (secondary N) is 1. The Kier molecular flexibility index (Phi) is 4.06. The van der Waals surface area contributed by atoms with E-state index in [4.69, 9.17) is 10.2 Å². The third-order valence-electron chi connectivity index (χ3n) is 2.33. The van der Waals surface area contributed by atoms with Gasteiger partial charge in [0.1, 0.15) is 12.1 Å². The predicted molar refractivity (Wildman–Crippen MR) is 71.3 cm³/mol. The number of nitrogens with two attached hydrogens (primary N) is 1. The average Bonchev–Trinajstić information content (AvgIpc) is 2.85. The summed E-state index contributed by atoms with van der Waals surface area (Å²) in [4.78, 5) is 15.8. The summed E-state index contributed by atoms with van der Waals surface area (Å²) in [6, 6.07) is 3.81. The summed E-state index contributed by atoms with van der Waals surface area (Å²) < 4.78 is 17.9. The van der Waals surface area contributed by atoms with Crippen LogP contribution < -0.4 is 11.1 Å². The molecule has 0 spiro atoms. The first-order valence-corrected chi connectivity index (χ1v) is 6.36. The summed E-state index contributed by atoms with van der Waals surface area (Å²) in [7, 11) is 0. The lowest BCUT2D eigenvalue weighted by Gasteiger charge is -2.11. The molecule has 1 aromatic heterocycles. The third kappa shape index (κ3) is 3.47. The maximum absolute atomic E-state index is 12.9. The molecule has 0 aliphatic rings. The van der Waals surface area contributed by atoms with Gasteiger partial charge in [-0.05, 0) is 25.1 Å². The Morgan fingerprint density at radius 3 is 3.00 bits per heavy atom. The van der Waals surface area contributed by atoms with Crippen LogP contribution in [-0.2, 0) is 4.79 Å². The standard InChI is InChI=1S/C12H12FN3O2S/c1-7(19-12-15-4-5-18-12)11(17)16-10-3-2-8(13)6-9(10)14/h2-7H,14H2,1H3,(H,16,17). The molecule has 1 atom stereocenters. The zero-order chi connectivity index (χ0) is 13.8. The minimum Gasteiger partial charge on any atom is -0.440 e. The third-order valence-corrected chi connectivity index (χ3v) is 3.30. The van der Waals surface area contributed by atoms with E-state index in [2.05, 4.69) is 10.3 Å². The van der Waals surface area contributed by atoms with Gasteiger partial charge in [0.15, 0.2) is 0 Å². The van der Waals surface area contributed by atoms with E-state index < -0.39 is 11.1 Å². The molecule has 0 bridgehead atoms. The zero-order valence-electron chi connectivity index (χ0n) is 10.1. The number of oxazole rings is 1. The highest BCUT2D eigenvalue weighted by atomic mass is 32.2. The number of thioether (sulfide) groups is 1. The van der Waals surface area contributed by atoms with Crippen molar-refractivity contribution in [3.8, 4) is 0 Å². The van der Waals surface area contributed by atoms with Crippen LogP contribution in [0.3, 0.4) is 0 Å². The van der Waals surface area contributed by atoms with Crippen LogP contribution in [0, 0.1) is 5.82 Å². The molecule has 0 saturated carbocycles. The lowest BCUT2D eigenvalue weighted by molar-refractivity contribution is -0.115. The minimum absolute atomic E-state index is 0.182. The summed E-state index contributed by atoms with van der Waals surface area (Å²) >= 11 is 1.18. The number of amides is 1. The topological polar surface area (TPSA) is 81.2 Å². The van der Waals surface area contributed by atoms with Gasteiger partial charge in [-0.15, -0.1) is 0 Å². The molecule has 0 aliphatic carbocycles. The second kappa shape index (κ2) is 5.75. The Morgan fingerprint density at radius 2 is 2.37 bits per heavy atom. The normalized spacial score (nSPS) is 12.1. The summed E-state index contributed by atoms with van der Waals surface area (Å²) in [6.07, 6.45) is 2.94. The first-order chi connectivity index (χ1) is 9.06. The molecule has 1 aromatic carbocycles. The number of anilines is 2. The van der Waals surface area contributed by atoms with Crippen molar-refractivity contribution in [2.45, 2.75) is 17.4 Å². The van der Waals surface area contributed by atoms with Gasteiger partial charge in [0.2, 0.25) is 5.91 Å². The van der Waals surface area contributed by atoms with Gasteiger partial charge in [0.05, 0.1) is 22.8 Å². The van der Waals surface area contributed by atoms with Crippen molar-refractivity contribution in [2.75, 3.05) is 11.1 Å². The number of hydrogen-bond donors (Lipinski definition) is 2. The van der Waals surface area contributed by atoms with E-state index in [1.807, 2.05) is 0 Å². The second-order valence-electron chi connectivity index (χ2n) is 3.78. The molecule has 0 fully saturated rings. The van der Waals surface area contributed by atoms with E-state index in [0.717, 1.165) is 6.07 Å². The number of aromatic nitrogens is 1. The van der Waals surface area contributed by atoms with Gasteiger partial charge in [-0.25, -0.2) is 9.37 Å². The largest absolute Gasteiger partial charge is 0.440 e. The zero-order valence-corrected chi connectivity index (χ0v) is 10.9. The van der Waals surface area contributed by atoms with Crippen LogP contribution in [-0.4, -0.2) is 16.1 Å². The van der Waals surface area contributed by atoms with Crippen molar-refractivity contribution in [3.63, 3.8) is 0 Å². The van der Waals surface area contributed by atoms with Crippen molar-refractivity contribution < 1.29 is 13.6 Å². The predicted octanol–water partition coefficient (Wildman–Crippen LogP) is 2.52. The molecular weight excluding hydrogens is 269 g/mol. The van der Waals surface area contributed by atoms with E-state index in [1.54, 1.807) is 6.92 Å². The van der Waals surface area contributed by atoms with Crippen LogP contribution in [0.1, 0.15) is 6.92 Å². The highest BCUT2D eigenvalue weighted by molar-refractivity contribution is 8.00. The number of halogens is 1. The molecule has 1 amide bonds. The molecule has 2 rings (SSSR count). The summed E-state index contributed by atoms with van der Waals surface area (Å²) in [5.41, 5.74) is 6.18. The highest BCUT2D eigenvalue weighted by Crippen LogP contribution is 2.24. The van der Waals surface area contributed by atoms with Crippen LogP contribution in [0.2, 0.25) is 0 Å². The van der Waals surface area contributed by atoms with Crippen molar-refractivity contribution in [1.82, 2.24) is 4.98 Å². The Bertz CT molecular complexity index is 574. The smallest absolute Gasteiger partial charge is 0.256 e. The molecule has 19 heavy (non-hydrogen) atoms. The van der Waals surface area contributed by atoms with Crippen molar-refractivity contribution in [1.29, 1.82) is 0 Å². The molecule has 3 N–H and O–H groups in total. The van der Waals surface area contributed by atoms with Gasteiger partial charge in [0, 0.05) is 0 Å². The number of carbonyl (C=O) groups excluding carboxylic acids is 1. The van der Waals surface area contributed by atoms with E-state index in [-0.39, 0.29) is 11.6 Å². The number of hydrogen-bond acceptors (Lipinski definition) is 5. The lowest BCUT2D eigenvalue weighted by Crippen LogP contribution is -2.23. The van der Waals surface area contributed by atoms with Crippen molar-refractivity contribution in [2.24, 2.45) is 0 Å². The Morgan fingerprint density at radius 1 is 1.58 bits per heavy atom. The Labute approximate surface area is 113 Å². The fraction of sp³-hybridized carbons (Fsp3) is 0.167. The molecule has 0 radical (unpaired) electrons. The van der Waals surface area contributed by atoms with E-state index >= 15 is 0 Å². The van der Waals surface area contributed by atoms with E-state index in [0.29, 0.717) is 10.9 Å². The number of rotatable bonds is 4. The SMILES string of the molecule is CC(Sc1ncco1)C(=O)Nc1ccc(F)cc1N. The summed E-state index contributed by atoms with van der Waals surface area (Å²) in [5.74, 6) is -0.709. The Balaban J connectivity index is 2.00. The van der Waals surface area contributed by atoms with Crippen LogP contribution in [0.25, 0.3) is 0 Å².